The maximum atomic E-state index is 11.4. The van der Waals surface area contributed by atoms with Crippen molar-refractivity contribution in [3.8, 4) is 0 Å². The lowest BCUT2D eigenvalue weighted by Gasteiger charge is -2.27. The molecule has 0 unspecified atom stereocenters. The lowest BCUT2D eigenvalue weighted by atomic mass is 10.1. The molecule has 0 saturated carbocycles. The van der Waals surface area contributed by atoms with E-state index in [0.717, 1.165) is 49.8 Å². The monoisotopic (exact) mass is 830 g/mol. The molecule has 304 valence electrons. The molecule has 2 saturated heterocycles. The molecule has 2 atom stereocenters. The number of primary amides is 2. The number of likely N-dealkylation sites (tertiary alicyclic amines) is 2. The number of hydrogen-bond acceptors (Lipinski definition) is 14. The smallest absolute Gasteiger partial charge is 0.248 e. The van der Waals surface area contributed by atoms with Gasteiger partial charge in [0.25, 0.3) is 0 Å². The molecule has 2 aromatic heterocycles. The molecule has 2 aromatic carbocycles. The maximum Gasteiger partial charge on any atom is 0.248 e. The molecule has 0 spiro atoms. The number of aryl methyl sites for hydroxylation is 2. The Bertz CT molecular complexity index is 1920. The van der Waals surface area contributed by atoms with Crippen LogP contribution in [0, 0.1) is 13.8 Å². The molecule has 0 aliphatic carbocycles. The van der Waals surface area contributed by atoms with Crippen LogP contribution in [-0.2, 0) is 0 Å². The van der Waals surface area contributed by atoms with Gasteiger partial charge in [-0.1, -0.05) is 26.5 Å². The Labute approximate surface area is 344 Å². The van der Waals surface area contributed by atoms with E-state index in [1.807, 2.05) is 19.9 Å². The van der Waals surface area contributed by atoms with E-state index in [2.05, 4.69) is 88.5 Å². The Morgan fingerprint density at radius 1 is 0.750 bits per heavy atom. The number of nitrogens with one attached hydrogen (secondary N) is 3. The number of rotatable bonds is 11. The summed E-state index contributed by atoms with van der Waals surface area (Å²) in [4.78, 5) is 53.8. The van der Waals surface area contributed by atoms with Crippen LogP contribution in [0.2, 0.25) is 15.9 Å². The number of amides is 2. The van der Waals surface area contributed by atoms with Crippen LogP contribution in [-0.4, -0.2) is 117 Å². The number of benzene rings is 2. The van der Waals surface area contributed by atoms with Crippen molar-refractivity contribution in [3.05, 3.63) is 74.5 Å². The van der Waals surface area contributed by atoms with E-state index in [9.17, 15) is 9.59 Å². The molecular weight excluding hydrogens is 779 g/mol. The average Bonchev–Trinajstić information content (AvgIpc) is 3.74. The third kappa shape index (κ3) is 13.6. The van der Waals surface area contributed by atoms with Crippen LogP contribution in [0.4, 0.5) is 29.2 Å². The molecule has 56 heavy (non-hydrogen) atoms. The number of likely N-dealkylation sites (N-methyl/N-ethyl adjacent to an activating group) is 4. The van der Waals surface area contributed by atoms with Crippen LogP contribution in [0.3, 0.4) is 0 Å². The predicted octanol–water partition coefficient (Wildman–Crippen LogP) is 5.47. The van der Waals surface area contributed by atoms with Crippen molar-refractivity contribution in [1.82, 2.24) is 45.0 Å². The van der Waals surface area contributed by atoms with E-state index in [4.69, 9.17) is 46.3 Å². The number of aromatic nitrogens is 6. The Morgan fingerprint density at radius 3 is 1.66 bits per heavy atom. The Balaban J connectivity index is 0.000000251. The van der Waals surface area contributed by atoms with Crippen molar-refractivity contribution >= 4 is 75.8 Å². The molecule has 2 aliphatic rings. The van der Waals surface area contributed by atoms with E-state index in [1.54, 1.807) is 30.3 Å². The van der Waals surface area contributed by atoms with Crippen molar-refractivity contribution in [2.75, 3.05) is 68.9 Å². The van der Waals surface area contributed by atoms with Crippen molar-refractivity contribution in [2.24, 2.45) is 11.5 Å². The summed E-state index contributed by atoms with van der Waals surface area (Å²) >= 11 is 17.5. The van der Waals surface area contributed by atoms with E-state index in [-0.39, 0.29) is 29.2 Å². The molecule has 19 heteroatoms. The van der Waals surface area contributed by atoms with Gasteiger partial charge in [-0.3, -0.25) is 9.59 Å². The molecular formula is C37H53Cl3N14O2. The summed E-state index contributed by atoms with van der Waals surface area (Å²) < 4.78 is 0. The maximum absolute atomic E-state index is 11.4. The van der Waals surface area contributed by atoms with Crippen LogP contribution in [0.5, 0.6) is 0 Å². The number of hydrogen-bond donors (Lipinski definition) is 5. The summed E-state index contributed by atoms with van der Waals surface area (Å²) in [6.45, 7) is 14.4. The minimum absolute atomic E-state index is 0. The van der Waals surface area contributed by atoms with Crippen LogP contribution in [0.25, 0.3) is 0 Å². The third-order valence-electron chi connectivity index (χ3n) is 9.00. The average molecular weight is 832 g/mol. The predicted molar refractivity (Wildman–Crippen MR) is 226 cm³/mol. The van der Waals surface area contributed by atoms with Gasteiger partial charge in [-0.25, -0.2) is 0 Å². The van der Waals surface area contributed by atoms with E-state index < -0.39 is 11.8 Å². The Morgan fingerprint density at radius 2 is 1.23 bits per heavy atom. The molecule has 7 N–H and O–H groups in total. The quantitative estimate of drug-likeness (QED) is 0.127. The highest BCUT2D eigenvalue weighted by molar-refractivity contribution is 6.31. The number of halogens is 3. The van der Waals surface area contributed by atoms with Crippen LogP contribution in [0.15, 0.2) is 36.4 Å². The number of nitrogens with two attached hydrogens (primary N) is 2. The Kier molecular flexibility index (Phi) is 17.8. The van der Waals surface area contributed by atoms with Gasteiger partial charge in [0.15, 0.2) is 0 Å². The highest BCUT2D eigenvalue weighted by atomic mass is 35.5. The molecule has 16 nitrogen and oxygen atoms in total. The number of nitrogens with zero attached hydrogens (tertiary/aromatic N) is 9. The number of carbonyl (C=O) groups excluding carboxylic acids is 2. The second-order valence-corrected chi connectivity index (χ2v) is 14.3. The minimum Gasteiger partial charge on any atom is -0.366 e. The van der Waals surface area contributed by atoms with Gasteiger partial charge in [0.2, 0.25) is 45.5 Å². The number of anilines is 5. The molecule has 2 amide bonds. The van der Waals surface area contributed by atoms with Gasteiger partial charge in [-0.2, -0.15) is 29.9 Å². The number of carbonyl (C=O) groups is 2. The first-order chi connectivity index (χ1) is 26.1. The van der Waals surface area contributed by atoms with Crippen LogP contribution < -0.4 is 32.3 Å². The lowest BCUT2D eigenvalue weighted by molar-refractivity contribution is 0.0992. The summed E-state index contributed by atoms with van der Waals surface area (Å²) in [5.74, 6) is 0.0583. The zero-order valence-electron chi connectivity index (χ0n) is 31.9. The summed E-state index contributed by atoms with van der Waals surface area (Å²) in [5, 5.41) is 9.56. The standard InChI is InChI=1S/C18H24ClN7O.C11H9Cl2N5O.C7H16N2.CH4/c1-4-26(13-7-8-25(3)10-13)18-23-16(19)22-17(24-18)21-14-9-12(15(20)27)6-5-11(14)2;1-5-2-3-6(8(14)19)4-7(5)15-11-17-9(12)16-10(13)18-11;1-3-8-7-4-5-9(2)6-7;/h5-6,9,13H,4,7-8,10H2,1-3H3,(H2,20,27)(H,21,22,23,24);2-4H,1H3,(H2,14,19)(H,15,16,17,18);7-8H,3-6H2,1-2H3;1H4/t13-;;7-;/m1.1./s1. The fourth-order valence-corrected chi connectivity index (χ4v) is 6.61. The normalized spacial score (nSPS) is 16.4. The molecule has 0 bridgehead atoms. The second kappa shape index (κ2) is 21.7. The molecule has 4 heterocycles. The zero-order valence-corrected chi connectivity index (χ0v) is 34.2. The molecule has 2 fully saturated rings. The summed E-state index contributed by atoms with van der Waals surface area (Å²) in [7, 11) is 4.28. The first-order valence-electron chi connectivity index (χ1n) is 17.9. The summed E-state index contributed by atoms with van der Waals surface area (Å²) in [6, 6.07) is 11.3. The van der Waals surface area contributed by atoms with Gasteiger partial charge in [-0.05, 0) is 138 Å². The molecule has 6 rings (SSSR count). The van der Waals surface area contributed by atoms with E-state index in [0.29, 0.717) is 40.4 Å². The molecule has 0 radical (unpaired) electrons. The van der Waals surface area contributed by atoms with E-state index in [1.165, 1.54) is 19.5 Å². The van der Waals surface area contributed by atoms with Gasteiger partial charge < -0.3 is 42.1 Å². The first-order valence-corrected chi connectivity index (χ1v) is 19.0. The second-order valence-electron chi connectivity index (χ2n) is 13.3. The van der Waals surface area contributed by atoms with Crippen LogP contribution >= 0.6 is 34.8 Å². The van der Waals surface area contributed by atoms with Gasteiger partial charge in [0.05, 0.1) is 0 Å². The highest BCUT2D eigenvalue weighted by Gasteiger charge is 2.27. The van der Waals surface area contributed by atoms with Gasteiger partial charge >= 0.3 is 0 Å². The summed E-state index contributed by atoms with van der Waals surface area (Å²) in [6.07, 6.45) is 2.38. The van der Waals surface area contributed by atoms with Crippen molar-refractivity contribution in [1.29, 1.82) is 0 Å². The summed E-state index contributed by atoms with van der Waals surface area (Å²) in [5.41, 5.74) is 14.5. The largest absolute Gasteiger partial charge is 0.366 e. The van der Waals surface area contributed by atoms with Crippen LogP contribution in [0.1, 0.15) is 66.0 Å². The fourth-order valence-electron chi connectivity index (χ4n) is 6.09. The van der Waals surface area contributed by atoms with Crippen molar-refractivity contribution in [3.63, 3.8) is 0 Å². The minimum atomic E-state index is -0.519. The third-order valence-corrected chi connectivity index (χ3v) is 9.51. The van der Waals surface area contributed by atoms with Gasteiger partial charge in [-0.15, -0.1) is 0 Å². The highest BCUT2D eigenvalue weighted by Crippen LogP contribution is 2.25. The van der Waals surface area contributed by atoms with Gasteiger partial charge in [0, 0.05) is 54.2 Å². The topological polar surface area (TPSA) is 209 Å². The van der Waals surface area contributed by atoms with E-state index >= 15 is 0 Å². The lowest BCUT2D eigenvalue weighted by Crippen LogP contribution is -2.38. The Hall–Kier alpha value is -4.45. The fraction of sp³-hybridized carbons (Fsp3) is 0.459. The molecule has 2 aliphatic heterocycles. The van der Waals surface area contributed by atoms with Gasteiger partial charge in [0.1, 0.15) is 0 Å². The SMILES string of the molecule is C.CCN(c1nc(Cl)nc(Nc2cc(C(N)=O)ccc2C)n1)[C@@H]1CCN(C)C1.CCN[C@@H]1CCN(C)C1.Cc1ccc(C(N)=O)cc1Nc1nc(Cl)nc(Cl)n1. The zero-order chi connectivity index (χ0) is 40.2. The first kappa shape index (κ1) is 45.9. The van der Waals surface area contributed by atoms with Crippen molar-refractivity contribution < 1.29 is 9.59 Å². The molecule has 4 aromatic rings. The van der Waals surface area contributed by atoms with Crippen molar-refractivity contribution in [2.45, 2.75) is 60.0 Å².